The first-order chi connectivity index (χ1) is 10.7. The van der Waals surface area contributed by atoms with E-state index in [1.807, 2.05) is 49.4 Å². The number of methoxy groups -OCH3 is 1. The van der Waals surface area contributed by atoms with Gasteiger partial charge in [0.2, 0.25) is 5.96 Å². The molecule has 3 rings (SSSR count). The van der Waals surface area contributed by atoms with Crippen molar-refractivity contribution in [2.24, 2.45) is 4.99 Å². The number of ether oxygens (including phenoxy) is 1. The number of hydrogen-bond acceptors (Lipinski definition) is 4. The topological polar surface area (TPSA) is 45.6 Å². The Morgan fingerprint density at radius 3 is 2.45 bits per heavy atom. The maximum atomic E-state index is 5.17. The summed E-state index contributed by atoms with van der Waals surface area (Å²) >= 11 is 0. The Morgan fingerprint density at radius 2 is 1.77 bits per heavy atom. The Bertz CT molecular complexity index is 690. The molecule has 1 aliphatic heterocycles. The quantitative estimate of drug-likeness (QED) is 0.906. The third kappa shape index (κ3) is 3.28. The van der Waals surface area contributed by atoms with Crippen LogP contribution in [0.2, 0.25) is 0 Å². The summed E-state index contributed by atoms with van der Waals surface area (Å²) in [6.45, 7) is 2.04. The Morgan fingerprint density at radius 1 is 1.05 bits per heavy atom. The molecule has 0 saturated carbocycles. The number of allylic oxidation sites excluding steroid dienone is 1. The van der Waals surface area contributed by atoms with Gasteiger partial charge in [-0.1, -0.05) is 30.3 Å². The van der Waals surface area contributed by atoms with Crippen LogP contribution in [0.1, 0.15) is 18.5 Å². The molecule has 2 aromatic rings. The van der Waals surface area contributed by atoms with E-state index in [1.54, 1.807) is 7.11 Å². The molecule has 0 spiro atoms. The zero-order valence-electron chi connectivity index (χ0n) is 12.7. The van der Waals surface area contributed by atoms with Gasteiger partial charge in [0, 0.05) is 11.4 Å². The van der Waals surface area contributed by atoms with E-state index in [-0.39, 0.29) is 6.04 Å². The summed E-state index contributed by atoms with van der Waals surface area (Å²) in [7, 11) is 1.66. The highest BCUT2D eigenvalue weighted by atomic mass is 16.5. The second-order valence-electron chi connectivity index (χ2n) is 5.16. The molecule has 1 unspecified atom stereocenters. The van der Waals surface area contributed by atoms with Crippen molar-refractivity contribution in [1.29, 1.82) is 0 Å². The highest BCUT2D eigenvalue weighted by molar-refractivity contribution is 5.95. The number of hydrogen-bond donors (Lipinski definition) is 2. The minimum atomic E-state index is 0.0307. The summed E-state index contributed by atoms with van der Waals surface area (Å²) in [6, 6.07) is 18.1. The number of nitrogens with one attached hydrogen (secondary N) is 2. The zero-order valence-corrected chi connectivity index (χ0v) is 12.7. The highest BCUT2D eigenvalue weighted by Crippen LogP contribution is 2.23. The maximum absolute atomic E-state index is 5.17. The van der Waals surface area contributed by atoms with Gasteiger partial charge in [0.05, 0.1) is 13.2 Å². The Hall–Kier alpha value is -2.75. The van der Waals surface area contributed by atoms with Crippen molar-refractivity contribution in [2.75, 3.05) is 12.4 Å². The lowest BCUT2D eigenvalue weighted by atomic mass is 10.1. The van der Waals surface area contributed by atoms with E-state index in [0.717, 1.165) is 23.1 Å². The van der Waals surface area contributed by atoms with Gasteiger partial charge >= 0.3 is 0 Å². The van der Waals surface area contributed by atoms with Crippen molar-refractivity contribution in [3.8, 4) is 5.75 Å². The van der Waals surface area contributed by atoms with Gasteiger partial charge < -0.3 is 15.4 Å². The second kappa shape index (κ2) is 6.35. The van der Waals surface area contributed by atoms with E-state index >= 15 is 0 Å². The van der Waals surface area contributed by atoms with Gasteiger partial charge in [-0.05, 0) is 42.8 Å². The smallest absolute Gasteiger partial charge is 0.200 e. The van der Waals surface area contributed by atoms with Crippen LogP contribution >= 0.6 is 0 Å². The van der Waals surface area contributed by atoms with E-state index in [0.29, 0.717) is 0 Å². The lowest BCUT2D eigenvalue weighted by Crippen LogP contribution is -2.32. The third-order valence-corrected chi connectivity index (χ3v) is 3.49. The third-order valence-electron chi connectivity index (χ3n) is 3.49. The fraction of sp³-hybridized carbons (Fsp3) is 0.167. The standard InChI is InChI=1S/C18H19N3O/c1-13-12-17(14-6-4-3-5-7-14)21-18(19-13)20-15-8-10-16(22-2)11-9-15/h3-12,17H,1-2H3,(H2,19,20,21). The van der Waals surface area contributed by atoms with Gasteiger partial charge in [0.25, 0.3) is 0 Å². The first kappa shape index (κ1) is 14.2. The molecule has 1 atom stereocenters. The maximum Gasteiger partial charge on any atom is 0.200 e. The van der Waals surface area contributed by atoms with Crippen molar-refractivity contribution in [1.82, 2.24) is 5.32 Å². The van der Waals surface area contributed by atoms with Crippen LogP contribution in [0.5, 0.6) is 5.75 Å². The highest BCUT2D eigenvalue weighted by Gasteiger charge is 2.14. The average molecular weight is 293 g/mol. The molecule has 4 heteroatoms. The molecular formula is C18H19N3O. The molecule has 0 bridgehead atoms. The van der Waals surface area contributed by atoms with Gasteiger partial charge in [-0.15, -0.1) is 0 Å². The Balaban J connectivity index is 1.79. The van der Waals surface area contributed by atoms with Crippen molar-refractivity contribution < 1.29 is 4.74 Å². The number of rotatable bonds is 3. The molecule has 112 valence electrons. The zero-order chi connectivity index (χ0) is 15.4. The molecule has 1 heterocycles. The number of aliphatic imine (C=N–C) groups is 1. The lowest BCUT2D eigenvalue weighted by molar-refractivity contribution is 0.415. The molecule has 2 N–H and O–H groups in total. The van der Waals surface area contributed by atoms with Crippen LogP contribution in [0.15, 0.2) is 71.4 Å². The Labute approximate surface area is 130 Å². The summed E-state index contributed by atoms with van der Waals surface area (Å²) in [5.41, 5.74) is 3.23. The van der Waals surface area contributed by atoms with E-state index < -0.39 is 0 Å². The molecular weight excluding hydrogens is 274 g/mol. The molecule has 0 radical (unpaired) electrons. The van der Waals surface area contributed by atoms with Crippen LogP contribution in [0, 0.1) is 0 Å². The minimum Gasteiger partial charge on any atom is -0.497 e. The van der Waals surface area contributed by atoms with Crippen LogP contribution in [0.4, 0.5) is 5.69 Å². The predicted molar refractivity (Wildman–Crippen MR) is 90.1 cm³/mol. The van der Waals surface area contributed by atoms with Crippen molar-refractivity contribution in [2.45, 2.75) is 13.0 Å². The molecule has 0 aliphatic carbocycles. The fourth-order valence-electron chi connectivity index (χ4n) is 2.37. The summed E-state index contributed by atoms with van der Waals surface area (Å²) in [5, 5.41) is 6.57. The number of benzene rings is 2. The SMILES string of the molecule is COc1ccc(NC2=NC(c3ccccc3)C=C(C)N2)cc1. The molecule has 22 heavy (non-hydrogen) atoms. The number of guanidine groups is 1. The first-order valence-corrected chi connectivity index (χ1v) is 7.24. The molecule has 1 aliphatic rings. The minimum absolute atomic E-state index is 0.0307. The van der Waals surface area contributed by atoms with Crippen LogP contribution in [0.25, 0.3) is 0 Å². The predicted octanol–water partition coefficient (Wildman–Crippen LogP) is 3.71. The molecule has 4 nitrogen and oxygen atoms in total. The number of nitrogens with zero attached hydrogens (tertiary/aromatic N) is 1. The summed E-state index contributed by atoms with van der Waals surface area (Å²) in [4.78, 5) is 4.73. The lowest BCUT2D eigenvalue weighted by Gasteiger charge is -2.21. The monoisotopic (exact) mass is 293 g/mol. The van der Waals surface area contributed by atoms with Gasteiger partial charge in [-0.2, -0.15) is 0 Å². The molecule has 0 aromatic heterocycles. The molecule has 2 aromatic carbocycles. The van der Waals surface area contributed by atoms with Gasteiger partial charge in [-0.25, -0.2) is 4.99 Å². The van der Waals surface area contributed by atoms with E-state index in [4.69, 9.17) is 9.73 Å². The fourth-order valence-corrected chi connectivity index (χ4v) is 2.37. The normalized spacial score (nSPS) is 17.1. The molecule has 0 saturated heterocycles. The van der Waals surface area contributed by atoms with Crippen LogP contribution in [-0.2, 0) is 0 Å². The van der Waals surface area contributed by atoms with Crippen molar-refractivity contribution >= 4 is 11.6 Å². The summed E-state index contributed by atoms with van der Waals surface area (Å²) in [5.74, 6) is 1.58. The van der Waals surface area contributed by atoms with Crippen molar-refractivity contribution in [3.63, 3.8) is 0 Å². The largest absolute Gasteiger partial charge is 0.497 e. The van der Waals surface area contributed by atoms with Crippen LogP contribution in [-0.4, -0.2) is 13.1 Å². The van der Waals surface area contributed by atoms with Crippen LogP contribution < -0.4 is 15.4 Å². The van der Waals surface area contributed by atoms with Gasteiger partial charge in [0.15, 0.2) is 0 Å². The summed E-state index contributed by atoms with van der Waals surface area (Å²) < 4.78 is 5.17. The van der Waals surface area contributed by atoms with E-state index in [2.05, 4.69) is 28.8 Å². The second-order valence-corrected chi connectivity index (χ2v) is 5.16. The van der Waals surface area contributed by atoms with Gasteiger partial charge in [0.1, 0.15) is 5.75 Å². The van der Waals surface area contributed by atoms with Crippen molar-refractivity contribution in [3.05, 3.63) is 71.9 Å². The van der Waals surface area contributed by atoms with Gasteiger partial charge in [-0.3, -0.25) is 0 Å². The van der Waals surface area contributed by atoms with E-state index in [1.165, 1.54) is 5.56 Å². The summed E-state index contributed by atoms with van der Waals surface area (Å²) in [6.07, 6.45) is 2.12. The van der Waals surface area contributed by atoms with Crippen LogP contribution in [0.3, 0.4) is 0 Å². The number of anilines is 1. The average Bonchev–Trinajstić information content (AvgIpc) is 2.56. The first-order valence-electron chi connectivity index (χ1n) is 7.24. The molecule has 0 fully saturated rings. The Kier molecular flexibility index (Phi) is 4.10. The van der Waals surface area contributed by atoms with E-state index in [9.17, 15) is 0 Å². The molecule has 0 amide bonds.